The zero-order valence-electron chi connectivity index (χ0n) is 15.3. The third-order valence-electron chi connectivity index (χ3n) is 4.08. The number of halogens is 2. The third-order valence-corrected chi connectivity index (χ3v) is 4.08. The average molecular weight is 479 g/mol. The van der Waals surface area contributed by atoms with Gasteiger partial charge in [0.25, 0.3) is 0 Å². The van der Waals surface area contributed by atoms with Crippen molar-refractivity contribution in [3.63, 3.8) is 0 Å². The van der Waals surface area contributed by atoms with Crippen LogP contribution < -0.4 is 10.6 Å². The van der Waals surface area contributed by atoms with Crippen molar-refractivity contribution in [1.82, 2.24) is 20.2 Å². The molecule has 142 valence electrons. The molecule has 5 nitrogen and oxygen atoms in total. The molecule has 3 aromatic rings. The van der Waals surface area contributed by atoms with E-state index in [0.717, 1.165) is 11.4 Å². The Balaban J connectivity index is 0.00000261. The largest absolute Gasteiger partial charge is 0.352 e. The lowest BCUT2D eigenvalue weighted by Gasteiger charge is -2.13. The summed E-state index contributed by atoms with van der Waals surface area (Å²) in [6, 6.07) is 15.3. The second kappa shape index (κ2) is 10.1. The first-order chi connectivity index (χ1) is 12.7. The van der Waals surface area contributed by atoms with Crippen LogP contribution in [0, 0.1) is 12.7 Å². The first-order valence-electron chi connectivity index (χ1n) is 8.44. The van der Waals surface area contributed by atoms with E-state index < -0.39 is 0 Å². The lowest BCUT2D eigenvalue weighted by Crippen LogP contribution is -2.36. The highest BCUT2D eigenvalue weighted by atomic mass is 127. The molecular weight excluding hydrogens is 456 g/mol. The van der Waals surface area contributed by atoms with Gasteiger partial charge < -0.3 is 15.2 Å². The van der Waals surface area contributed by atoms with E-state index in [0.29, 0.717) is 24.7 Å². The van der Waals surface area contributed by atoms with E-state index in [4.69, 9.17) is 0 Å². The molecule has 0 radical (unpaired) electrons. The zero-order chi connectivity index (χ0) is 18.4. The maximum atomic E-state index is 14.4. The van der Waals surface area contributed by atoms with Crippen LogP contribution in [-0.2, 0) is 13.1 Å². The molecule has 0 atom stereocenters. The quantitative estimate of drug-likeness (QED) is 0.333. The van der Waals surface area contributed by atoms with Crippen molar-refractivity contribution >= 4 is 29.9 Å². The lowest BCUT2D eigenvalue weighted by atomic mass is 10.2. The van der Waals surface area contributed by atoms with E-state index in [9.17, 15) is 4.39 Å². The van der Waals surface area contributed by atoms with Crippen LogP contribution in [0.2, 0.25) is 0 Å². The van der Waals surface area contributed by atoms with Gasteiger partial charge in [0, 0.05) is 32.5 Å². The fourth-order valence-electron chi connectivity index (χ4n) is 2.68. The van der Waals surface area contributed by atoms with Crippen LogP contribution in [0.15, 0.2) is 65.9 Å². The summed E-state index contributed by atoms with van der Waals surface area (Å²) < 4.78 is 16.2. The summed E-state index contributed by atoms with van der Waals surface area (Å²) in [6.45, 7) is 3.00. The molecule has 0 amide bonds. The summed E-state index contributed by atoms with van der Waals surface area (Å²) in [5.74, 6) is 1.14. The summed E-state index contributed by atoms with van der Waals surface area (Å²) in [5.41, 5.74) is 2.50. The number of aryl methyl sites for hydroxylation is 1. The van der Waals surface area contributed by atoms with Gasteiger partial charge in [-0.3, -0.25) is 4.99 Å². The summed E-state index contributed by atoms with van der Waals surface area (Å²) in [7, 11) is 1.71. The SMILES string of the molecule is CN=C(NCc1ccccc1)NCc1ccc(-n2ccnc2C)c(F)c1.I. The highest BCUT2D eigenvalue weighted by Crippen LogP contribution is 2.16. The Kier molecular flexibility index (Phi) is 7.78. The predicted octanol–water partition coefficient (Wildman–Crippen LogP) is 3.80. The van der Waals surface area contributed by atoms with Gasteiger partial charge in [0.2, 0.25) is 0 Å². The van der Waals surface area contributed by atoms with Crippen molar-refractivity contribution in [3.05, 3.63) is 83.7 Å². The Morgan fingerprint density at radius 2 is 1.78 bits per heavy atom. The van der Waals surface area contributed by atoms with Gasteiger partial charge in [-0.1, -0.05) is 36.4 Å². The van der Waals surface area contributed by atoms with Crippen molar-refractivity contribution in [2.45, 2.75) is 20.0 Å². The topological polar surface area (TPSA) is 54.2 Å². The molecule has 3 rings (SSSR count). The van der Waals surface area contributed by atoms with Gasteiger partial charge in [0.1, 0.15) is 11.6 Å². The molecule has 0 saturated heterocycles. The maximum absolute atomic E-state index is 14.4. The number of hydrogen-bond donors (Lipinski definition) is 2. The van der Waals surface area contributed by atoms with Crippen LogP contribution in [-0.4, -0.2) is 22.6 Å². The Morgan fingerprint density at radius 1 is 1.07 bits per heavy atom. The summed E-state index contributed by atoms with van der Waals surface area (Å²) in [6.07, 6.45) is 3.41. The van der Waals surface area contributed by atoms with Gasteiger partial charge >= 0.3 is 0 Å². The minimum absolute atomic E-state index is 0. The lowest BCUT2D eigenvalue weighted by molar-refractivity contribution is 0.613. The number of guanidine groups is 1. The van der Waals surface area contributed by atoms with Crippen LogP contribution >= 0.6 is 24.0 Å². The van der Waals surface area contributed by atoms with Crippen LogP contribution in [0.5, 0.6) is 0 Å². The van der Waals surface area contributed by atoms with E-state index in [1.54, 1.807) is 30.1 Å². The van der Waals surface area contributed by atoms with Gasteiger partial charge in [0.15, 0.2) is 5.96 Å². The first kappa shape index (κ1) is 20.9. The van der Waals surface area contributed by atoms with Crippen molar-refractivity contribution in [2.75, 3.05) is 7.05 Å². The number of aliphatic imine (C=N–C) groups is 1. The molecule has 1 heterocycles. The number of nitrogens with one attached hydrogen (secondary N) is 2. The number of aromatic nitrogens is 2. The van der Waals surface area contributed by atoms with E-state index in [-0.39, 0.29) is 29.8 Å². The molecule has 2 aromatic carbocycles. The van der Waals surface area contributed by atoms with E-state index in [2.05, 4.69) is 20.6 Å². The third kappa shape index (κ3) is 5.53. The molecule has 0 unspecified atom stereocenters. The van der Waals surface area contributed by atoms with Gasteiger partial charge in [-0.15, -0.1) is 24.0 Å². The van der Waals surface area contributed by atoms with Crippen molar-refractivity contribution in [1.29, 1.82) is 0 Å². The Bertz CT molecular complexity index is 892. The molecule has 7 heteroatoms. The second-order valence-corrected chi connectivity index (χ2v) is 5.90. The van der Waals surface area contributed by atoms with E-state index in [1.165, 1.54) is 11.6 Å². The van der Waals surface area contributed by atoms with E-state index >= 15 is 0 Å². The number of rotatable bonds is 5. The van der Waals surface area contributed by atoms with Gasteiger partial charge in [-0.25, -0.2) is 9.37 Å². The standard InChI is InChI=1S/C20H22FN5.HI/c1-15-23-10-11-26(15)19-9-8-17(12-18(19)21)14-25-20(22-2)24-13-16-6-4-3-5-7-16;/h3-12H,13-14H2,1-2H3,(H2,22,24,25);1H. The smallest absolute Gasteiger partial charge is 0.191 e. The summed E-state index contributed by atoms with van der Waals surface area (Å²) in [4.78, 5) is 8.33. The molecule has 2 N–H and O–H groups in total. The Morgan fingerprint density at radius 3 is 2.37 bits per heavy atom. The molecule has 0 fully saturated rings. The molecule has 0 saturated carbocycles. The molecule has 0 aliphatic rings. The van der Waals surface area contributed by atoms with Crippen molar-refractivity contribution in [3.8, 4) is 5.69 Å². The normalized spacial score (nSPS) is 11.0. The monoisotopic (exact) mass is 479 g/mol. The van der Waals surface area contributed by atoms with Crippen LogP contribution in [0.25, 0.3) is 5.69 Å². The zero-order valence-corrected chi connectivity index (χ0v) is 17.6. The van der Waals surface area contributed by atoms with Gasteiger partial charge in [0.05, 0.1) is 5.69 Å². The Labute approximate surface area is 175 Å². The van der Waals surface area contributed by atoms with Crippen molar-refractivity contribution in [2.24, 2.45) is 4.99 Å². The molecule has 0 aliphatic heterocycles. The Hall–Kier alpha value is -2.42. The average Bonchev–Trinajstić information content (AvgIpc) is 3.08. The van der Waals surface area contributed by atoms with Gasteiger partial charge in [-0.2, -0.15) is 0 Å². The first-order valence-corrected chi connectivity index (χ1v) is 8.44. The highest BCUT2D eigenvalue weighted by molar-refractivity contribution is 14.0. The molecule has 0 spiro atoms. The molecule has 27 heavy (non-hydrogen) atoms. The van der Waals surface area contributed by atoms with Crippen LogP contribution in [0.1, 0.15) is 17.0 Å². The number of hydrogen-bond acceptors (Lipinski definition) is 2. The van der Waals surface area contributed by atoms with E-state index in [1.807, 2.05) is 43.3 Å². The minimum Gasteiger partial charge on any atom is -0.352 e. The molecule has 0 bridgehead atoms. The fourth-order valence-corrected chi connectivity index (χ4v) is 2.68. The minimum atomic E-state index is -0.280. The second-order valence-electron chi connectivity index (χ2n) is 5.90. The highest BCUT2D eigenvalue weighted by Gasteiger charge is 2.08. The number of nitrogens with zero attached hydrogens (tertiary/aromatic N) is 3. The molecule has 0 aliphatic carbocycles. The number of benzene rings is 2. The number of imidazole rings is 1. The van der Waals surface area contributed by atoms with Crippen molar-refractivity contribution < 1.29 is 4.39 Å². The van der Waals surface area contributed by atoms with Crippen LogP contribution in [0.3, 0.4) is 0 Å². The fraction of sp³-hybridized carbons (Fsp3) is 0.200. The summed E-state index contributed by atoms with van der Waals surface area (Å²) in [5, 5.41) is 6.45. The maximum Gasteiger partial charge on any atom is 0.191 e. The summed E-state index contributed by atoms with van der Waals surface area (Å²) >= 11 is 0. The van der Waals surface area contributed by atoms with Crippen LogP contribution in [0.4, 0.5) is 4.39 Å². The molecule has 1 aromatic heterocycles. The predicted molar refractivity (Wildman–Crippen MR) is 117 cm³/mol. The molecular formula is C20H23FIN5. The van der Waals surface area contributed by atoms with Gasteiger partial charge in [-0.05, 0) is 30.2 Å².